The summed E-state index contributed by atoms with van der Waals surface area (Å²) in [5.41, 5.74) is 6.98. The quantitative estimate of drug-likeness (QED) is 0.452. The summed E-state index contributed by atoms with van der Waals surface area (Å²) in [5.74, 6) is -1.09. The lowest BCUT2D eigenvalue weighted by atomic mass is 10.1. The molecule has 1 aliphatic heterocycles. The molecule has 9 heteroatoms. The molecule has 0 fully saturated rings. The number of imidazole rings is 1. The number of aliphatic imine (C=N–C) groups is 1. The minimum atomic E-state index is -0.504. The molecule has 1 unspecified atom stereocenters. The molecule has 4 aromatic rings. The monoisotopic (exact) mass is 470 g/mol. The number of hydrogen-bond donors (Lipinski definition) is 2. The third kappa shape index (κ3) is 4.74. The molecule has 0 bridgehead atoms. The average Bonchev–Trinajstić information content (AvgIpc) is 3.28. The molecular weight excluding hydrogens is 447 g/mol. The number of hydrazine groups is 1. The second-order valence-electron chi connectivity index (χ2n) is 8.30. The number of para-hydroxylation sites is 2. The van der Waals surface area contributed by atoms with Crippen molar-refractivity contribution in [2.45, 2.75) is 19.5 Å². The number of aryl methyl sites for hydroxylation is 1. The molecule has 0 saturated heterocycles. The number of amides is 2. The SMILES string of the molecule is Cc1ccc(N2NC(C(=O)NC(Cn3cnc4ccccc43)c3ccc(F)cc3)=NCC2=O)cc1. The maximum absolute atomic E-state index is 13.6. The number of halogens is 1. The Labute approximate surface area is 201 Å². The van der Waals surface area contributed by atoms with Crippen LogP contribution < -0.4 is 15.8 Å². The van der Waals surface area contributed by atoms with Crippen LogP contribution >= 0.6 is 0 Å². The van der Waals surface area contributed by atoms with Crippen molar-refractivity contribution < 1.29 is 14.0 Å². The Morgan fingerprint density at radius 2 is 1.83 bits per heavy atom. The lowest BCUT2D eigenvalue weighted by Gasteiger charge is -2.29. The fourth-order valence-corrected chi connectivity index (χ4v) is 3.95. The number of carbonyl (C=O) groups is 2. The molecule has 176 valence electrons. The van der Waals surface area contributed by atoms with E-state index in [2.05, 4.69) is 20.7 Å². The van der Waals surface area contributed by atoms with Gasteiger partial charge in [-0.2, -0.15) is 0 Å². The van der Waals surface area contributed by atoms with E-state index in [1.807, 2.05) is 47.9 Å². The van der Waals surface area contributed by atoms with E-state index in [1.165, 1.54) is 17.1 Å². The minimum absolute atomic E-state index is 0.0211. The molecule has 8 nitrogen and oxygen atoms in total. The summed E-state index contributed by atoms with van der Waals surface area (Å²) in [7, 11) is 0. The summed E-state index contributed by atoms with van der Waals surface area (Å²) < 4.78 is 15.5. The number of rotatable bonds is 6. The van der Waals surface area contributed by atoms with Crippen LogP contribution in [0.1, 0.15) is 17.2 Å². The number of carbonyl (C=O) groups excluding carboxylic acids is 2. The van der Waals surface area contributed by atoms with E-state index in [4.69, 9.17) is 0 Å². The zero-order valence-electron chi connectivity index (χ0n) is 19.0. The highest BCUT2D eigenvalue weighted by Gasteiger charge is 2.27. The van der Waals surface area contributed by atoms with Gasteiger partial charge in [0, 0.05) is 6.54 Å². The second kappa shape index (κ2) is 9.38. The number of benzene rings is 3. The molecule has 5 rings (SSSR count). The third-order valence-corrected chi connectivity index (χ3v) is 5.83. The topological polar surface area (TPSA) is 91.6 Å². The van der Waals surface area contributed by atoms with E-state index in [1.54, 1.807) is 30.6 Å². The number of aromatic nitrogens is 2. The zero-order valence-corrected chi connectivity index (χ0v) is 19.0. The van der Waals surface area contributed by atoms with Gasteiger partial charge in [-0.1, -0.05) is 42.0 Å². The highest BCUT2D eigenvalue weighted by molar-refractivity contribution is 6.39. The van der Waals surface area contributed by atoms with E-state index in [-0.39, 0.29) is 24.1 Å². The molecule has 1 aromatic heterocycles. The van der Waals surface area contributed by atoms with E-state index in [0.29, 0.717) is 12.2 Å². The average molecular weight is 471 g/mol. The Morgan fingerprint density at radius 1 is 1.09 bits per heavy atom. The van der Waals surface area contributed by atoms with Crippen molar-refractivity contribution in [3.63, 3.8) is 0 Å². The molecule has 2 heterocycles. The first kappa shape index (κ1) is 22.3. The number of hydrogen-bond acceptors (Lipinski definition) is 5. The molecule has 1 atom stereocenters. The lowest BCUT2D eigenvalue weighted by Crippen LogP contribution is -2.56. The van der Waals surface area contributed by atoms with Crippen LogP contribution in [0.25, 0.3) is 11.0 Å². The maximum atomic E-state index is 13.6. The minimum Gasteiger partial charge on any atom is -0.341 e. The molecule has 0 saturated carbocycles. The summed E-state index contributed by atoms with van der Waals surface area (Å²) in [6.07, 6.45) is 1.71. The fourth-order valence-electron chi connectivity index (χ4n) is 3.95. The standard InChI is InChI=1S/C26H23FN6O2/c1-17-6-12-20(13-7-17)33-24(34)14-28-25(31-33)26(35)30-22(18-8-10-19(27)11-9-18)15-32-16-29-21-4-2-3-5-23(21)32/h2-13,16,22H,14-15H2,1H3,(H,28,31)(H,30,35). The van der Waals surface area contributed by atoms with Crippen molar-refractivity contribution in [3.8, 4) is 0 Å². The van der Waals surface area contributed by atoms with Gasteiger partial charge in [0.15, 0.2) is 0 Å². The molecule has 0 radical (unpaired) electrons. The van der Waals surface area contributed by atoms with Gasteiger partial charge >= 0.3 is 0 Å². The molecule has 2 amide bonds. The van der Waals surface area contributed by atoms with Gasteiger partial charge in [0.25, 0.3) is 11.8 Å². The van der Waals surface area contributed by atoms with Gasteiger partial charge in [0.1, 0.15) is 12.4 Å². The zero-order chi connectivity index (χ0) is 24.4. The van der Waals surface area contributed by atoms with Crippen molar-refractivity contribution in [3.05, 3.63) is 96.1 Å². The predicted octanol–water partition coefficient (Wildman–Crippen LogP) is 3.29. The van der Waals surface area contributed by atoms with Gasteiger partial charge < -0.3 is 9.88 Å². The largest absolute Gasteiger partial charge is 0.341 e. The van der Waals surface area contributed by atoms with Crippen LogP contribution in [0, 0.1) is 12.7 Å². The van der Waals surface area contributed by atoms with Crippen molar-refractivity contribution >= 4 is 34.4 Å². The molecular formula is C26H23FN6O2. The van der Waals surface area contributed by atoms with Crippen LogP contribution in [0.4, 0.5) is 10.1 Å². The van der Waals surface area contributed by atoms with Crippen LogP contribution in [0.15, 0.2) is 84.1 Å². The molecule has 0 spiro atoms. The van der Waals surface area contributed by atoms with Gasteiger partial charge in [-0.05, 0) is 48.9 Å². The van der Waals surface area contributed by atoms with Gasteiger partial charge in [-0.3, -0.25) is 20.0 Å². The van der Waals surface area contributed by atoms with Crippen LogP contribution in [0.2, 0.25) is 0 Å². The van der Waals surface area contributed by atoms with E-state index in [9.17, 15) is 14.0 Å². The summed E-state index contributed by atoms with van der Waals surface area (Å²) >= 11 is 0. The summed E-state index contributed by atoms with van der Waals surface area (Å²) in [6, 6.07) is 20.5. The van der Waals surface area contributed by atoms with Crippen molar-refractivity contribution in [2.75, 3.05) is 11.6 Å². The van der Waals surface area contributed by atoms with E-state index in [0.717, 1.165) is 22.2 Å². The molecule has 1 aliphatic rings. The first-order chi connectivity index (χ1) is 17.0. The fraction of sp³-hybridized carbons (Fsp3) is 0.154. The Bertz CT molecular complexity index is 1410. The molecule has 3 aromatic carbocycles. The second-order valence-corrected chi connectivity index (χ2v) is 8.30. The van der Waals surface area contributed by atoms with Crippen molar-refractivity contribution in [1.82, 2.24) is 20.3 Å². The Hall–Kier alpha value is -4.53. The van der Waals surface area contributed by atoms with Crippen molar-refractivity contribution in [1.29, 1.82) is 0 Å². The number of nitrogens with zero attached hydrogens (tertiary/aromatic N) is 4. The molecule has 0 aliphatic carbocycles. The predicted molar refractivity (Wildman–Crippen MR) is 131 cm³/mol. The van der Waals surface area contributed by atoms with Crippen LogP contribution in [0.5, 0.6) is 0 Å². The number of nitrogens with one attached hydrogen (secondary N) is 2. The lowest BCUT2D eigenvalue weighted by molar-refractivity contribution is -0.118. The number of anilines is 1. The Morgan fingerprint density at radius 3 is 2.60 bits per heavy atom. The highest BCUT2D eigenvalue weighted by atomic mass is 19.1. The van der Waals surface area contributed by atoms with Crippen LogP contribution in [-0.2, 0) is 16.1 Å². The first-order valence-corrected chi connectivity index (χ1v) is 11.1. The van der Waals surface area contributed by atoms with Crippen LogP contribution in [-0.4, -0.2) is 33.7 Å². The Kier molecular flexibility index (Phi) is 5.97. The van der Waals surface area contributed by atoms with Gasteiger partial charge in [0.05, 0.1) is 29.1 Å². The normalized spacial score (nSPS) is 14.4. The first-order valence-electron chi connectivity index (χ1n) is 11.1. The van der Waals surface area contributed by atoms with Gasteiger partial charge in [-0.15, -0.1) is 0 Å². The maximum Gasteiger partial charge on any atom is 0.288 e. The van der Waals surface area contributed by atoms with E-state index >= 15 is 0 Å². The van der Waals surface area contributed by atoms with Crippen LogP contribution in [0.3, 0.4) is 0 Å². The molecule has 2 N–H and O–H groups in total. The van der Waals surface area contributed by atoms with E-state index < -0.39 is 11.9 Å². The third-order valence-electron chi connectivity index (χ3n) is 5.83. The summed E-state index contributed by atoms with van der Waals surface area (Å²) in [5, 5.41) is 4.30. The van der Waals surface area contributed by atoms with Gasteiger partial charge in [0.2, 0.25) is 5.84 Å². The van der Waals surface area contributed by atoms with Gasteiger partial charge in [-0.25, -0.2) is 14.4 Å². The number of amidine groups is 1. The van der Waals surface area contributed by atoms with Crippen molar-refractivity contribution in [2.24, 2.45) is 4.99 Å². The summed E-state index contributed by atoms with van der Waals surface area (Å²) in [4.78, 5) is 34.2. The molecule has 35 heavy (non-hydrogen) atoms. The Balaban J connectivity index is 1.39. The number of fused-ring (bicyclic) bond motifs is 1. The smallest absolute Gasteiger partial charge is 0.288 e. The highest BCUT2D eigenvalue weighted by Crippen LogP contribution is 2.20. The summed E-state index contributed by atoms with van der Waals surface area (Å²) in [6.45, 7) is 2.16.